The smallest absolute Gasteiger partial charge is 0.240 e. The van der Waals surface area contributed by atoms with E-state index < -0.39 is 10.0 Å². The molecular weight excluding hydrogens is 343 g/mol. The molecule has 0 saturated carbocycles. The van der Waals surface area contributed by atoms with E-state index in [0.717, 1.165) is 19.5 Å². The quantitative estimate of drug-likeness (QED) is 0.872. The number of nitrogens with one attached hydrogen (secondary N) is 2. The van der Waals surface area contributed by atoms with Gasteiger partial charge in [0.1, 0.15) is 0 Å². The van der Waals surface area contributed by atoms with Crippen molar-refractivity contribution in [2.24, 2.45) is 5.92 Å². The largest absolute Gasteiger partial charge is 0.316 e. The monoisotopic (exact) mass is 358 g/mol. The summed E-state index contributed by atoms with van der Waals surface area (Å²) in [6, 6.07) is 4.27. The van der Waals surface area contributed by atoms with Gasteiger partial charge in [-0.3, -0.25) is 0 Å². The minimum absolute atomic E-state index is 0. The molecule has 0 aromatic heterocycles. The van der Waals surface area contributed by atoms with Gasteiger partial charge < -0.3 is 5.32 Å². The fourth-order valence-corrected chi connectivity index (χ4v) is 3.87. The highest BCUT2D eigenvalue weighted by Gasteiger charge is 2.26. The third-order valence-corrected chi connectivity index (χ3v) is 5.52. The van der Waals surface area contributed by atoms with E-state index >= 15 is 0 Å². The van der Waals surface area contributed by atoms with Gasteiger partial charge in [0, 0.05) is 6.04 Å². The van der Waals surface area contributed by atoms with E-state index in [9.17, 15) is 8.42 Å². The normalized spacial score (nSPS) is 23.1. The van der Waals surface area contributed by atoms with E-state index in [-0.39, 0.29) is 34.3 Å². The number of hydrogen-bond acceptors (Lipinski definition) is 3. The van der Waals surface area contributed by atoms with Crippen molar-refractivity contribution >= 4 is 45.6 Å². The maximum absolute atomic E-state index is 12.3. The first kappa shape index (κ1) is 18.0. The van der Waals surface area contributed by atoms with Gasteiger partial charge in [0.15, 0.2) is 0 Å². The highest BCUT2D eigenvalue weighted by atomic mass is 35.5. The van der Waals surface area contributed by atoms with E-state index in [4.69, 9.17) is 23.2 Å². The van der Waals surface area contributed by atoms with Crippen LogP contribution >= 0.6 is 35.6 Å². The molecule has 2 rings (SSSR count). The van der Waals surface area contributed by atoms with Crippen LogP contribution in [0.25, 0.3) is 0 Å². The molecule has 4 nitrogen and oxygen atoms in total. The van der Waals surface area contributed by atoms with Crippen LogP contribution in [0, 0.1) is 5.92 Å². The Kier molecular flexibility index (Phi) is 6.57. The van der Waals surface area contributed by atoms with Crippen molar-refractivity contribution in [2.45, 2.75) is 24.3 Å². The maximum Gasteiger partial charge on any atom is 0.240 e. The molecule has 1 heterocycles. The molecule has 0 spiro atoms. The first-order valence-corrected chi connectivity index (χ1v) is 8.32. The molecule has 0 radical (unpaired) electrons. The van der Waals surface area contributed by atoms with Crippen molar-refractivity contribution in [1.82, 2.24) is 10.0 Å². The van der Waals surface area contributed by atoms with Crippen LogP contribution in [0.3, 0.4) is 0 Å². The molecule has 1 aliphatic rings. The van der Waals surface area contributed by atoms with Crippen LogP contribution in [0.5, 0.6) is 0 Å². The maximum atomic E-state index is 12.3. The van der Waals surface area contributed by atoms with Crippen molar-refractivity contribution < 1.29 is 8.42 Å². The second-order valence-electron chi connectivity index (χ2n) is 4.77. The summed E-state index contributed by atoms with van der Waals surface area (Å²) >= 11 is 11.6. The van der Waals surface area contributed by atoms with Crippen molar-refractivity contribution in [2.75, 3.05) is 13.1 Å². The molecule has 2 atom stereocenters. The van der Waals surface area contributed by atoms with E-state index in [2.05, 4.69) is 10.0 Å². The molecule has 0 amide bonds. The summed E-state index contributed by atoms with van der Waals surface area (Å²) in [5.74, 6) is 0.256. The van der Waals surface area contributed by atoms with Crippen LogP contribution in [0.1, 0.15) is 13.3 Å². The van der Waals surface area contributed by atoms with Gasteiger partial charge in [-0.25, -0.2) is 13.1 Å². The minimum Gasteiger partial charge on any atom is -0.316 e. The van der Waals surface area contributed by atoms with Crippen molar-refractivity contribution in [3.63, 3.8) is 0 Å². The molecule has 2 N–H and O–H groups in total. The van der Waals surface area contributed by atoms with Gasteiger partial charge in [0.2, 0.25) is 10.0 Å². The highest BCUT2D eigenvalue weighted by Crippen LogP contribution is 2.25. The van der Waals surface area contributed by atoms with Crippen LogP contribution in [-0.2, 0) is 10.0 Å². The molecule has 8 heteroatoms. The fraction of sp³-hybridized carbons (Fsp3) is 0.500. The average Bonchev–Trinajstić information content (AvgIpc) is 2.35. The number of sulfonamides is 1. The van der Waals surface area contributed by atoms with Crippen molar-refractivity contribution in [3.05, 3.63) is 28.2 Å². The minimum atomic E-state index is -3.55. The molecule has 1 aromatic carbocycles. The number of piperidine rings is 1. The Labute approximate surface area is 135 Å². The molecule has 0 aliphatic carbocycles. The first-order chi connectivity index (χ1) is 8.90. The summed E-state index contributed by atoms with van der Waals surface area (Å²) in [6.45, 7) is 3.65. The van der Waals surface area contributed by atoms with Crippen LogP contribution in [0.4, 0.5) is 0 Å². The number of hydrogen-bond donors (Lipinski definition) is 2. The molecule has 0 bridgehead atoms. The Hall–Kier alpha value is -0.0400. The van der Waals surface area contributed by atoms with E-state index in [1.54, 1.807) is 0 Å². The summed E-state index contributed by atoms with van der Waals surface area (Å²) in [4.78, 5) is 0.146. The molecule has 20 heavy (non-hydrogen) atoms. The number of halogens is 3. The SMILES string of the molecule is CC1CNCCC1NS(=O)(=O)c1ccc(Cl)c(Cl)c1.Cl. The Balaban J connectivity index is 0.00000200. The zero-order valence-corrected chi connectivity index (χ0v) is 14.0. The Morgan fingerprint density at radius 3 is 2.60 bits per heavy atom. The lowest BCUT2D eigenvalue weighted by molar-refractivity contribution is 0.328. The zero-order valence-electron chi connectivity index (χ0n) is 10.9. The second kappa shape index (κ2) is 7.29. The predicted molar refractivity (Wildman–Crippen MR) is 84.5 cm³/mol. The summed E-state index contributed by atoms with van der Waals surface area (Å²) < 4.78 is 27.3. The third kappa shape index (κ3) is 4.23. The third-order valence-electron chi connectivity index (χ3n) is 3.29. The van der Waals surface area contributed by atoms with Crippen LogP contribution < -0.4 is 10.0 Å². The lowest BCUT2D eigenvalue weighted by Gasteiger charge is -2.29. The van der Waals surface area contributed by atoms with Crippen LogP contribution in [-0.4, -0.2) is 27.5 Å². The van der Waals surface area contributed by atoms with Crippen LogP contribution in [0.2, 0.25) is 10.0 Å². The van der Waals surface area contributed by atoms with Gasteiger partial charge in [-0.2, -0.15) is 0 Å². The Bertz CT molecular complexity index is 566. The van der Waals surface area contributed by atoms with Gasteiger partial charge in [0.25, 0.3) is 0 Å². The number of benzene rings is 1. The summed E-state index contributed by atoms with van der Waals surface area (Å²) in [7, 11) is -3.55. The van der Waals surface area contributed by atoms with Gasteiger partial charge in [0.05, 0.1) is 14.9 Å². The van der Waals surface area contributed by atoms with E-state index in [0.29, 0.717) is 5.02 Å². The summed E-state index contributed by atoms with van der Waals surface area (Å²) in [5.41, 5.74) is 0. The van der Waals surface area contributed by atoms with E-state index in [1.807, 2.05) is 6.92 Å². The fourth-order valence-electron chi connectivity index (χ4n) is 2.10. The van der Waals surface area contributed by atoms with Crippen LogP contribution in [0.15, 0.2) is 23.1 Å². The molecule has 2 unspecified atom stereocenters. The topological polar surface area (TPSA) is 58.2 Å². The van der Waals surface area contributed by atoms with Gasteiger partial charge in [-0.1, -0.05) is 30.1 Å². The summed E-state index contributed by atoms with van der Waals surface area (Å²) in [6.07, 6.45) is 0.779. The van der Waals surface area contributed by atoms with Gasteiger partial charge >= 0.3 is 0 Å². The van der Waals surface area contributed by atoms with Gasteiger partial charge in [-0.15, -0.1) is 12.4 Å². The van der Waals surface area contributed by atoms with Crippen molar-refractivity contribution in [1.29, 1.82) is 0 Å². The lowest BCUT2D eigenvalue weighted by Crippen LogP contribution is -2.48. The second-order valence-corrected chi connectivity index (χ2v) is 7.30. The predicted octanol–water partition coefficient (Wildman–Crippen LogP) is 2.69. The summed E-state index contributed by atoms with van der Waals surface area (Å²) in [5, 5.41) is 3.82. The first-order valence-electron chi connectivity index (χ1n) is 6.08. The van der Waals surface area contributed by atoms with E-state index in [1.165, 1.54) is 18.2 Å². The highest BCUT2D eigenvalue weighted by molar-refractivity contribution is 7.89. The molecule has 1 fully saturated rings. The number of rotatable bonds is 3. The molecule has 1 saturated heterocycles. The van der Waals surface area contributed by atoms with Crippen molar-refractivity contribution in [3.8, 4) is 0 Å². The Morgan fingerprint density at radius 2 is 2.00 bits per heavy atom. The zero-order chi connectivity index (χ0) is 14.0. The standard InChI is InChI=1S/C12H16Cl2N2O2S.ClH/c1-8-7-15-5-4-12(8)16-19(17,18)9-2-3-10(13)11(14)6-9;/h2-3,6,8,12,15-16H,4-5,7H2,1H3;1H. The molecular formula is C12H17Cl3N2O2S. The Morgan fingerprint density at radius 1 is 1.30 bits per heavy atom. The average molecular weight is 360 g/mol. The van der Waals surface area contributed by atoms with Gasteiger partial charge in [-0.05, 0) is 43.6 Å². The molecule has 1 aromatic rings. The molecule has 1 aliphatic heterocycles. The lowest BCUT2D eigenvalue weighted by atomic mass is 9.97. The molecule has 114 valence electrons.